The van der Waals surface area contributed by atoms with Crippen molar-refractivity contribution in [2.75, 3.05) is 6.61 Å². The van der Waals surface area contributed by atoms with Gasteiger partial charge in [-0.25, -0.2) is 18.0 Å². The summed E-state index contributed by atoms with van der Waals surface area (Å²) in [7, 11) is 0. The third-order valence-corrected chi connectivity index (χ3v) is 4.25. The summed E-state index contributed by atoms with van der Waals surface area (Å²) in [6, 6.07) is 9.73. The fourth-order valence-corrected chi connectivity index (χ4v) is 3.00. The van der Waals surface area contributed by atoms with E-state index >= 15 is 0 Å². The zero-order valence-corrected chi connectivity index (χ0v) is 15.1. The third kappa shape index (κ3) is 3.98. The second kappa shape index (κ2) is 7.72. The molecule has 3 aromatic rings. The van der Waals surface area contributed by atoms with Gasteiger partial charge < -0.3 is 9.30 Å². The molecule has 1 heterocycles. The van der Waals surface area contributed by atoms with Gasteiger partial charge >= 0.3 is 5.97 Å². The van der Waals surface area contributed by atoms with Crippen LogP contribution in [0.15, 0.2) is 48.5 Å². The molecule has 7 heteroatoms. The lowest BCUT2D eigenvalue weighted by Crippen LogP contribution is -2.15. The van der Waals surface area contributed by atoms with Crippen LogP contribution in [-0.4, -0.2) is 22.9 Å². The summed E-state index contributed by atoms with van der Waals surface area (Å²) in [5.74, 6) is -3.67. The van der Waals surface area contributed by atoms with Crippen LogP contribution in [0.3, 0.4) is 0 Å². The number of hydrogen-bond donors (Lipinski definition) is 0. The van der Waals surface area contributed by atoms with E-state index < -0.39 is 30.0 Å². The first-order chi connectivity index (χ1) is 13.3. The van der Waals surface area contributed by atoms with Crippen molar-refractivity contribution in [2.24, 2.45) is 0 Å². The summed E-state index contributed by atoms with van der Waals surface area (Å²) in [6.45, 7) is 2.92. The van der Waals surface area contributed by atoms with E-state index in [0.29, 0.717) is 23.0 Å². The van der Waals surface area contributed by atoms with E-state index in [2.05, 4.69) is 0 Å². The molecule has 0 fully saturated rings. The normalized spacial score (nSPS) is 10.8. The maximum absolute atomic E-state index is 13.2. The Morgan fingerprint density at radius 3 is 2.11 bits per heavy atom. The molecule has 0 spiro atoms. The second-order valence-electron chi connectivity index (χ2n) is 6.25. The molecule has 0 amide bonds. The average Bonchev–Trinajstić information content (AvgIpc) is 2.94. The molecule has 1 aromatic heterocycles. The van der Waals surface area contributed by atoms with E-state index in [4.69, 9.17) is 4.74 Å². The van der Waals surface area contributed by atoms with Crippen molar-refractivity contribution < 1.29 is 27.5 Å². The number of carbonyl (C=O) groups excluding carboxylic acids is 2. The first-order valence-electron chi connectivity index (χ1n) is 8.37. The predicted octanol–water partition coefficient (Wildman–Crippen LogP) is 4.55. The number of benzene rings is 2. The smallest absolute Gasteiger partial charge is 0.338 e. The number of Topliss-reactive ketones (excluding diaryl/α,β-unsaturated/α-hetero) is 1. The van der Waals surface area contributed by atoms with Crippen molar-refractivity contribution in [2.45, 2.75) is 13.8 Å². The molecule has 0 N–H and O–H groups in total. The van der Waals surface area contributed by atoms with Gasteiger partial charge in [0, 0.05) is 28.7 Å². The molecule has 2 aromatic carbocycles. The van der Waals surface area contributed by atoms with Gasteiger partial charge in [0.1, 0.15) is 17.5 Å². The zero-order valence-electron chi connectivity index (χ0n) is 15.1. The molecule has 0 saturated carbocycles. The SMILES string of the molecule is Cc1cc(C(=O)COC(=O)c2cc(F)cc(F)c2)c(C)n1-c1ccc(F)cc1. The first kappa shape index (κ1) is 19.4. The van der Waals surface area contributed by atoms with Crippen LogP contribution in [0.1, 0.15) is 32.1 Å². The summed E-state index contributed by atoms with van der Waals surface area (Å²) >= 11 is 0. The molecule has 0 saturated heterocycles. The van der Waals surface area contributed by atoms with Crippen molar-refractivity contribution >= 4 is 11.8 Å². The van der Waals surface area contributed by atoms with Crippen LogP contribution in [0.2, 0.25) is 0 Å². The molecular formula is C21H16F3NO3. The molecule has 0 aliphatic rings. The van der Waals surface area contributed by atoms with Crippen molar-refractivity contribution in [1.82, 2.24) is 4.57 Å². The minimum atomic E-state index is -1.00. The molecule has 0 aliphatic carbocycles. The Hall–Kier alpha value is -3.35. The molecule has 3 rings (SSSR count). The van der Waals surface area contributed by atoms with Gasteiger partial charge in [-0.05, 0) is 56.3 Å². The highest BCUT2D eigenvalue weighted by atomic mass is 19.1. The van der Waals surface area contributed by atoms with E-state index in [1.165, 1.54) is 12.1 Å². The van der Waals surface area contributed by atoms with Crippen LogP contribution in [0.4, 0.5) is 13.2 Å². The Balaban J connectivity index is 1.77. The molecule has 0 radical (unpaired) electrons. The molecule has 0 atom stereocenters. The fourth-order valence-electron chi connectivity index (χ4n) is 3.00. The number of aryl methyl sites for hydroxylation is 1. The summed E-state index contributed by atoms with van der Waals surface area (Å²) < 4.78 is 46.2. The van der Waals surface area contributed by atoms with Gasteiger partial charge in [0.15, 0.2) is 6.61 Å². The van der Waals surface area contributed by atoms with E-state index in [1.54, 1.807) is 36.6 Å². The lowest BCUT2D eigenvalue weighted by atomic mass is 10.1. The monoisotopic (exact) mass is 387 g/mol. The number of hydrogen-bond acceptors (Lipinski definition) is 3. The molecule has 4 nitrogen and oxygen atoms in total. The standard InChI is InChI=1S/C21H16F3NO3/c1-12-7-19(13(2)25(12)18-5-3-15(22)4-6-18)20(26)11-28-21(27)14-8-16(23)10-17(24)9-14/h3-10H,11H2,1-2H3. The lowest BCUT2D eigenvalue weighted by Gasteiger charge is -2.10. The van der Waals surface area contributed by atoms with Crippen molar-refractivity contribution in [1.29, 1.82) is 0 Å². The first-order valence-corrected chi connectivity index (χ1v) is 8.37. The summed E-state index contributed by atoms with van der Waals surface area (Å²) in [6.07, 6.45) is 0. The third-order valence-electron chi connectivity index (χ3n) is 4.25. The van der Waals surface area contributed by atoms with Gasteiger partial charge in [-0.15, -0.1) is 0 Å². The molecule has 0 unspecified atom stereocenters. The Labute approximate surface area is 159 Å². The number of ketones is 1. The van der Waals surface area contributed by atoms with Gasteiger partial charge in [-0.1, -0.05) is 0 Å². The van der Waals surface area contributed by atoms with Crippen molar-refractivity contribution in [3.05, 3.63) is 88.5 Å². The second-order valence-corrected chi connectivity index (χ2v) is 6.25. The van der Waals surface area contributed by atoms with Gasteiger partial charge in [-0.2, -0.15) is 0 Å². The number of halogens is 3. The largest absolute Gasteiger partial charge is 0.454 e. The number of carbonyl (C=O) groups is 2. The van der Waals surface area contributed by atoms with Crippen LogP contribution in [0, 0.1) is 31.3 Å². The molecule has 144 valence electrons. The number of esters is 1. The quantitative estimate of drug-likeness (QED) is 0.477. The number of nitrogens with zero attached hydrogens (tertiary/aromatic N) is 1. The Bertz CT molecular complexity index is 1040. The van der Waals surface area contributed by atoms with Crippen LogP contribution < -0.4 is 0 Å². The summed E-state index contributed by atoms with van der Waals surface area (Å²) in [5.41, 5.74) is 2.04. The van der Waals surface area contributed by atoms with Crippen LogP contribution in [0.25, 0.3) is 5.69 Å². The predicted molar refractivity (Wildman–Crippen MR) is 96.2 cm³/mol. The van der Waals surface area contributed by atoms with E-state index in [-0.39, 0.29) is 11.4 Å². The zero-order chi connectivity index (χ0) is 20.4. The lowest BCUT2D eigenvalue weighted by molar-refractivity contribution is 0.0473. The van der Waals surface area contributed by atoms with E-state index in [1.807, 2.05) is 0 Å². The Morgan fingerprint density at radius 2 is 1.50 bits per heavy atom. The molecule has 0 aliphatic heterocycles. The highest BCUT2D eigenvalue weighted by Crippen LogP contribution is 2.22. The summed E-state index contributed by atoms with van der Waals surface area (Å²) in [5, 5.41) is 0. The number of rotatable bonds is 5. The highest BCUT2D eigenvalue weighted by Gasteiger charge is 2.19. The van der Waals surface area contributed by atoms with Gasteiger partial charge in [0.2, 0.25) is 5.78 Å². The van der Waals surface area contributed by atoms with E-state index in [0.717, 1.165) is 17.8 Å². The van der Waals surface area contributed by atoms with Gasteiger partial charge in [0.25, 0.3) is 0 Å². The highest BCUT2D eigenvalue weighted by molar-refractivity contribution is 6.00. The molecular weight excluding hydrogens is 371 g/mol. The maximum atomic E-state index is 13.2. The maximum Gasteiger partial charge on any atom is 0.338 e. The van der Waals surface area contributed by atoms with Crippen molar-refractivity contribution in [3.8, 4) is 5.69 Å². The van der Waals surface area contributed by atoms with Crippen molar-refractivity contribution in [3.63, 3.8) is 0 Å². The Kier molecular flexibility index (Phi) is 5.35. The van der Waals surface area contributed by atoms with E-state index in [9.17, 15) is 22.8 Å². The fraction of sp³-hybridized carbons (Fsp3) is 0.143. The summed E-state index contributed by atoms with van der Waals surface area (Å²) in [4.78, 5) is 24.4. The minimum absolute atomic E-state index is 0.318. The topological polar surface area (TPSA) is 48.3 Å². The molecule has 28 heavy (non-hydrogen) atoms. The number of aromatic nitrogens is 1. The van der Waals surface area contributed by atoms with Crippen LogP contribution >= 0.6 is 0 Å². The minimum Gasteiger partial charge on any atom is -0.454 e. The van der Waals surface area contributed by atoms with Crippen LogP contribution in [0.5, 0.6) is 0 Å². The Morgan fingerprint density at radius 1 is 0.893 bits per heavy atom. The number of ether oxygens (including phenoxy) is 1. The molecule has 0 bridgehead atoms. The van der Waals surface area contributed by atoms with Gasteiger partial charge in [-0.3, -0.25) is 4.79 Å². The van der Waals surface area contributed by atoms with Gasteiger partial charge in [0.05, 0.1) is 5.56 Å². The average molecular weight is 387 g/mol. The van der Waals surface area contributed by atoms with Crippen LogP contribution in [-0.2, 0) is 4.74 Å².